The van der Waals surface area contributed by atoms with Gasteiger partial charge in [-0.1, -0.05) is 6.07 Å². The molecule has 1 aromatic heterocycles. The van der Waals surface area contributed by atoms with E-state index in [1.165, 1.54) is 6.07 Å². The predicted octanol–water partition coefficient (Wildman–Crippen LogP) is 1.42. The maximum absolute atomic E-state index is 12.9. The lowest BCUT2D eigenvalue weighted by Gasteiger charge is -2.35. The second-order valence-electron chi connectivity index (χ2n) is 5.87. The maximum atomic E-state index is 12.9. The lowest BCUT2D eigenvalue weighted by Crippen LogP contribution is -2.49. The third-order valence-electron chi connectivity index (χ3n) is 4.31. The van der Waals surface area contributed by atoms with Crippen LogP contribution < -0.4 is 5.32 Å². The van der Waals surface area contributed by atoms with Gasteiger partial charge in [0.05, 0.1) is 4.92 Å². The molecule has 1 saturated heterocycles. The number of carbonyl (C=O) groups excluding carboxylic acids is 1. The normalized spacial score (nSPS) is 17.8. The molecule has 126 valence electrons. The quantitative estimate of drug-likeness (QED) is 0.679. The van der Waals surface area contributed by atoms with Crippen molar-refractivity contribution in [2.45, 2.75) is 13.0 Å². The fourth-order valence-corrected chi connectivity index (χ4v) is 2.98. The minimum atomic E-state index is -0.458. The van der Waals surface area contributed by atoms with Crippen molar-refractivity contribution < 1.29 is 9.72 Å². The Kier molecular flexibility index (Phi) is 4.30. The van der Waals surface area contributed by atoms with E-state index < -0.39 is 4.92 Å². The number of aromatic nitrogens is 2. The minimum Gasteiger partial charge on any atom is -0.336 e. The second-order valence-corrected chi connectivity index (χ2v) is 5.87. The Bertz CT molecular complexity index is 786. The van der Waals surface area contributed by atoms with Gasteiger partial charge >= 0.3 is 0 Å². The molecule has 8 heteroatoms. The topological polar surface area (TPSA) is 93.3 Å². The summed E-state index contributed by atoms with van der Waals surface area (Å²) in [6, 6.07) is 4.41. The fraction of sp³-hybridized carbons (Fsp3) is 0.375. The standard InChI is InChI=1S/C16H19N5O3/c1-11-3-4-12(9-13(11)21(23)24)16(22)20-8-5-17-10-14(20)15-18-6-7-19(15)2/h3-4,6-7,9,14,17H,5,8,10H2,1-2H3. The van der Waals surface area contributed by atoms with Crippen molar-refractivity contribution in [2.75, 3.05) is 19.6 Å². The van der Waals surface area contributed by atoms with E-state index in [1.807, 2.05) is 17.8 Å². The Hall–Kier alpha value is -2.74. The molecular weight excluding hydrogens is 310 g/mol. The molecule has 1 aliphatic rings. The van der Waals surface area contributed by atoms with Crippen LogP contribution in [0.5, 0.6) is 0 Å². The minimum absolute atomic E-state index is 0.0375. The van der Waals surface area contributed by atoms with Gasteiger partial charge in [0.1, 0.15) is 11.9 Å². The first-order chi connectivity index (χ1) is 11.5. The van der Waals surface area contributed by atoms with Gasteiger partial charge < -0.3 is 14.8 Å². The van der Waals surface area contributed by atoms with Crippen LogP contribution in [0.4, 0.5) is 5.69 Å². The van der Waals surface area contributed by atoms with Crippen molar-refractivity contribution in [3.63, 3.8) is 0 Å². The Labute approximate surface area is 139 Å². The second kappa shape index (κ2) is 6.40. The van der Waals surface area contributed by atoms with Crippen LogP contribution in [0.25, 0.3) is 0 Å². The summed E-state index contributed by atoms with van der Waals surface area (Å²) in [5.41, 5.74) is 0.829. The van der Waals surface area contributed by atoms with Crippen molar-refractivity contribution in [3.05, 3.63) is 57.7 Å². The van der Waals surface area contributed by atoms with Gasteiger partial charge in [-0.05, 0) is 13.0 Å². The van der Waals surface area contributed by atoms with Gasteiger partial charge in [-0.2, -0.15) is 0 Å². The number of hydrogen-bond donors (Lipinski definition) is 1. The van der Waals surface area contributed by atoms with Crippen molar-refractivity contribution in [1.29, 1.82) is 0 Å². The molecule has 0 aliphatic carbocycles. The van der Waals surface area contributed by atoms with Crippen LogP contribution in [-0.4, -0.2) is 44.9 Å². The number of piperazine rings is 1. The van der Waals surface area contributed by atoms with Crippen molar-refractivity contribution >= 4 is 11.6 Å². The van der Waals surface area contributed by atoms with E-state index in [0.717, 1.165) is 5.82 Å². The molecule has 1 atom stereocenters. The number of carbonyl (C=O) groups is 1. The molecule has 0 radical (unpaired) electrons. The average Bonchev–Trinajstić information content (AvgIpc) is 3.00. The Morgan fingerprint density at radius 2 is 2.25 bits per heavy atom. The molecular formula is C16H19N5O3. The molecule has 0 saturated carbocycles. The summed E-state index contributed by atoms with van der Waals surface area (Å²) < 4.78 is 1.88. The van der Waals surface area contributed by atoms with Crippen molar-refractivity contribution in [1.82, 2.24) is 19.8 Å². The lowest BCUT2D eigenvalue weighted by molar-refractivity contribution is -0.385. The summed E-state index contributed by atoms with van der Waals surface area (Å²) in [6.45, 7) is 3.47. The number of amides is 1. The number of aryl methyl sites for hydroxylation is 2. The Morgan fingerprint density at radius 1 is 1.46 bits per heavy atom. The number of nitrogens with zero attached hydrogens (tertiary/aromatic N) is 4. The van der Waals surface area contributed by atoms with E-state index in [1.54, 1.807) is 30.2 Å². The highest BCUT2D eigenvalue weighted by atomic mass is 16.6. The molecule has 1 unspecified atom stereocenters. The van der Waals surface area contributed by atoms with Gasteiger partial charge in [0.25, 0.3) is 11.6 Å². The van der Waals surface area contributed by atoms with E-state index in [-0.39, 0.29) is 17.6 Å². The largest absolute Gasteiger partial charge is 0.336 e. The van der Waals surface area contributed by atoms with Crippen LogP contribution >= 0.6 is 0 Å². The van der Waals surface area contributed by atoms with Gasteiger partial charge in [0.15, 0.2) is 0 Å². The SMILES string of the molecule is Cc1ccc(C(=O)N2CCNCC2c2nccn2C)cc1[N+](=O)[O-]. The zero-order valence-electron chi connectivity index (χ0n) is 13.6. The van der Waals surface area contributed by atoms with Gasteiger partial charge in [0, 0.05) is 56.3 Å². The van der Waals surface area contributed by atoms with Gasteiger partial charge in [-0.3, -0.25) is 14.9 Å². The van der Waals surface area contributed by atoms with Crippen molar-refractivity contribution in [3.8, 4) is 0 Å². The van der Waals surface area contributed by atoms with Crippen LogP contribution in [0.1, 0.15) is 27.8 Å². The van der Waals surface area contributed by atoms with Gasteiger partial charge in [0.2, 0.25) is 0 Å². The number of rotatable bonds is 3. The fourth-order valence-electron chi connectivity index (χ4n) is 2.98. The third-order valence-corrected chi connectivity index (χ3v) is 4.31. The first kappa shape index (κ1) is 16.1. The molecule has 1 fully saturated rings. The molecule has 3 rings (SSSR count). The first-order valence-corrected chi connectivity index (χ1v) is 7.73. The van der Waals surface area contributed by atoms with Crippen LogP contribution in [-0.2, 0) is 7.05 Å². The zero-order valence-corrected chi connectivity index (χ0v) is 13.6. The first-order valence-electron chi connectivity index (χ1n) is 7.73. The summed E-state index contributed by atoms with van der Waals surface area (Å²) in [5, 5.41) is 14.4. The average molecular weight is 329 g/mol. The van der Waals surface area contributed by atoms with Gasteiger partial charge in [-0.25, -0.2) is 4.98 Å². The van der Waals surface area contributed by atoms with E-state index >= 15 is 0 Å². The molecule has 1 aliphatic heterocycles. The summed E-state index contributed by atoms with van der Waals surface area (Å²) in [5.74, 6) is 0.574. The summed E-state index contributed by atoms with van der Waals surface area (Å²) in [6.07, 6.45) is 3.53. The van der Waals surface area contributed by atoms with E-state index in [9.17, 15) is 14.9 Å². The number of imidazole rings is 1. The number of nitro benzene ring substituents is 1. The number of benzene rings is 1. The molecule has 0 spiro atoms. The highest BCUT2D eigenvalue weighted by Gasteiger charge is 2.31. The predicted molar refractivity (Wildman–Crippen MR) is 87.7 cm³/mol. The molecule has 2 aromatic rings. The van der Waals surface area contributed by atoms with Crippen LogP contribution in [0.3, 0.4) is 0 Å². The van der Waals surface area contributed by atoms with E-state index in [4.69, 9.17) is 0 Å². The van der Waals surface area contributed by atoms with Crippen molar-refractivity contribution in [2.24, 2.45) is 7.05 Å². The Balaban J connectivity index is 1.94. The molecule has 1 aromatic carbocycles. The molecule has 1 amide bonds. The lowest BCUT2D eigenvalue weighted by atomic mass is 10.1. The van der Waals surface area contributed by atoms with Crippen LogP contribution in [0.15, 0.2) is 30.6 Å². The van der Waals surface area contributed by atoms with E-state index in [0.29, 0.717) is 30.8 Å². The highest BCUT2D eigenvalue weighted by Crippen LogP contribution is 2.25. The molecule has 24 heavy (non-hydrogen) atoms. The molecule has 0 bridgehead atoms. The molecule has 1 N–H and O–H groups in total. The van der Waals surface area contributed by atoms with E-state index in [2.05, 4.69) is 10.3 Å². The Morgan fingerprint density at radius 3 is 2.92 bits per heavy atom. The summed E-state index contributed by atoms with van der Waals surface area (Å²) >= 11 is 0. The van der Waals surface area contributed by atoms with Crippen LogP contribution in [0, 0.1) is 17.0 Å². The zero-order chi connectivity index (χ0) is 17.3. The maximum Gasteiger partial charge on any atom is 0.273 e. The summed E-state index contributed by atoms with van der Waals surface area (Å²) in [4.78, 5) is 29.7. The number of nitrogens with one attached hydrogen (secondary N) is 1. The molecule has 8 nitrogen and oxygen atoms in total. The van der Waals surface area contributed by atoms with Crippen LogP contribution in [0.2, 0.25) is 0 Å². The molecule has 2 heterocycles. The third kappa shape index (κ3) is 2.88. The number of hydrogen-bond acceptors (Lipinski definition) is 5. The number of nitro groups is 1. The highest BCUT2D eigenvalue weighted by molar-refractivity contribution is 5.95. The van der Waals surface area contributed by atoms with Gasteiger partial charge in [-0.15, -0.1) is 0 Å². The smallest absolute Gasteiger partial charge is 0.273 e. The summed E-state index contributed by atoms with van der Waals surface area (Å²) in [7, 11) is 1.89. The monoisotopic (exact) mass is 329 g/mol.